The van der Waals surface area contributed by atoms with Gasteiger partial charge in [0.25, 0.3) is 0 Å². The molecule has 2 aliphatic rings. The Balaban J connectivity index is 0.000000605. The third-order valence-electron chi connectivity index (χ3n) is 3.00. The van der Waals surface area contributed by atoms with Crippen molar-refractivity contribution < 1.29 is 9.90 Å². The van der Waals surface area contributed by atoms with Crippen molar-refractivity contribution in [1.29, 1.82) is 0 Å². The van der Waals surface area contributed by atoms with Gasteiger partial charge in [0.15, 0.2) is 0 Å². The summed E-state index contributed by atoms with van der Waals surface area (Å²) in [7, 11) is 0. The van der Waals surface area contributed by atoms with Crippen molar-refractivity contribution in [2.24, 2.45) is 17.1 Å². The monoisotopic (exact) mass is 177 g/mol. The second-order valence-corrected chi connectivity index (χ2v) is 3.47. The molecule has 0 saturated heterocycles. The number of carboxylic acid groups (broad SMARTS) is 1. The SMILES string of the molecule is Cl.N[C@@H]1CC[C@@]2(C(=O)O)C[C@@H]12. The Morgan fingerprint density at radius 2 is 2.27 bits per heavy atom. The average molecular weight is 178 g/mol. The Morgan fingerprint density at radius 3 is 2.45 bits per heavy atom. The van der Waals surface area contributed by atoms with Crippen molar-refractivity contribution in [3.8, 4) is 0 Å². The summed E-state index contributed by atoms with van der Waals surface area (Å²) in [6.07, 6.45) is 2.52. The Hall–Kier alpha value is -0.280. The molecule has 0 bridgehead atoms. The Kier molecular flexibility index (Phi) is 1.89. The van der Waals surface area contributed by atoms with Crippen molar-refractivity contribution in [3.05, 3.63) is 0 Å². The minimum Gasteiger partial charge on any atom is -0.481 e. The number of fused-ring (bicyclic) bond motifs is 1. The number of hydrogen-bond acceptors (Lipinski definition) is 2. The van der Waals surface area contributed by atoms with Crippen LogP contribution >= 0.6 is 12.4 Å². The first-order valence-electron chi connectivity index (χ1n) is 3.66. The molecule has 2 aliphatic carbocycles. The summed E-state index contributed by atoms with van der Waals surface area (Å²) in [6.45, 7) is 0. The number of carboxylic acids is 1. The number of aliphatic carboxylic acids is 1. The van der Waals surface area contributed by atoms with Crippen LogP contribution in [0, 0.1) is 11.3 Å². The predicted octanol–water partition coefficient (Wildman–Crippen LogP) is 0.620. The van der Waals surface area contributed by atoms with E-state index in [2.05, 4.69) is 0 Å². The molecule has 0 unspecified atom stereocenters. The van der Waals surface area contributed by atoms with Crippen molar-refractivity contribution in [2.45, 2.75) is 25.3 Å². The smallest absolute Gasteiger partial charge is 0.309 e. The Bertz CT molecular complexity index is 197. The highest BCUT2D eigenvalue weighted by Crippen LogP contribution is 2.62. The summed E-state index contributed by atoms with van der Waals surface area (Å²) in [5, 5.41) is 8.78. The van der Waals surface area contributed by atoms with E-state index < -0.39 is 5.97 Å². The fraction of sp³-hybridized carbons (Fsp3) is 0.857. The molecule has 0 amide bonds. The fourth-order valence-corrected chi connectivity index (χ4v) is 2.16. The van der Waals surface area contributed by atoms with E-state index in [9.17, 15) is 4.79 Å². The summed E-state index contributed by atoms with van der Waals surface area (Å²) < 4.78 is 0. The van der Waals surface area contributed by atoms with Crippen LogP contribution in [0.15, 0.2) is 0 Å². The van der Waals surface area contributed by atoms with E-state index >= 15 is 0 Å². The topological polar surface area (TPSA) is 63.3 Å². The molecule has 0 aromatic rings. The van der Waals surface area contributed by atoms with Gasteiger partial charge in [-0.15, -0.1) is 12.4 Å². The molecule has 0 radical (unpaired) electrons. The molecule has 2 saturated carbocycles. The molecule has 3 N–H and O–H groups in total. The normalized spacial score (nSPS) is 45.9. The van der Waals surface area contributed by atoms with Crippen molar-refractivity contribution in [1.82, 2.24) is 0 Å². The minimum atomic E-state index is -0.634. The molecule has 0 aromatic carbocycles. The molecule has 2 rings (SSSR count). The van der Waals surface area contributed by atoms with Gasteiger partial charge in [0, 0.05) is 6.04 Å². The highest BCUT2D eigenvalue weighted by molar-refractivity contribution is 5.85. The maximum absolute atomic E-state index is 10.7. The molecule has 0 aliphatic heterocycles. The van der Waals surface area contributed by atoms with E-state index in [0.29, 0.717) is 5.92 Å². The number of halogens is 1. The van der Waals surface area contributed by atoms with Crippen LogP contribution in [-0.4, -0.2) is 17.1 Å². The molecule has 4 heteroatoms. The van der Waals surface area contributed by atoms with E-state index in [0.717, 1.165) is 19.3 Å². The van der Waals surface area contributed by atoms with Crippen molar-refractivity contribution in [2.75, 3.05) is 0 Å². The quantitative estimate of drug-likeness (QED) is 0.617. The van der Waals surface area contributed by atoms with E-state index in [4.69, 9.17) is 10.8 Å². The zero-order valence-electron chi connectivity index (χ0n) is 6.12. The lowest BCUT2D eigenvalue weighted by atomic mass is 10.1. The van der Waals surface area contributed by atoms with Crippen LogP contribution in [-0.2, 0) is 4.79 Å². The van der Waals surface area contributed by atoms with Crippen LogP contribution in [0.2, 0.25) is 0 Å². The average Bonchev–Trinajstić information content (AvgIpc) is 2.52. The van der Waals surface area contributed by atoms with Crippen LogP contribution in [0.25, 0.3) is 0 Å². The molecule has 0 heterocycles. The zero-order valence-corrected chi connectivity index (χ0v) is 6.93. The maximum Gasteiger partial charge on any atom is 0.309 e. The largest absolute Gasteiger partial charge is 0.481 e. The Labute approximate surface area is 71.4 Å². The van der Waals surface area contributed by atoms with Crippen LogP contribution in [0.3, 0.4) is 0 Å². The van der Waals surface area contributed by atoms with E-state index in [1.54, 1.807) is 0 Å². The van der Waals surface area contributed by atoms with Gasteiger partial charge in [-0.1, -0.05) is 0 Å². The van der Waals surface area contributed by atoms with Crippen molar-refractivity contribution >= 4 is 18.4 Å². The van der Waals surface area contributed by atoms with E-state index in [-0.39, 0.29) is 23.9 Å². The fourth-order valence-electron chi connectivity index (χ4n) is 2.16. The zero-order chi connectivity index (χ0) is 7.35. The van der Waals surface area contributed by atoms with Gasteiger partial charge in [0.05, 0.1) is 5.41 Å². The molecule has 3 atom stereocenters. The number of hydrogen-bond donors (Lipinski definition) is 2. The molecule has 3 nitrogen and oxygen atoms in total. The predicted molar refractivity (Wildman–Crippen MR) is 42.6 cm³/mol. The summed E-state index contributed by atoms with van der Waals surface area (Å²) in [4.78, 5) is 10.7. The van der Waals surface area contributed by atoms with Gasteiger partial charge >= 0.3 is 5.97 Å². The second-order valence-electron chi connectivity index (χ2n) is 3.47. The van der Waals surface area contributed by atoms with Crippen molar-refractivity contribution in [3.63, 3.8) is 0 Å². The highest BCUT2D eigenvalue weighted by Gasteiger charge is 2.65. The number of nitrogens with two attached hydrogens (primary N) is 1. The molecule has 11 heavy (non-hydrogen) atoms. The standard InChI is InChI=1S/C7H11NO2.ClH/c8-5-1-2-7(6(9)10)3-4(5)7;/h4-5H,1-3,8H2,(H,9,10);1H/t4-,5+,7+;/m0./s1. The van der Waals surface area contributed by atoms with Gasteiger partial charge in [0.1, 0.15) is 0 Å². The molecular weight excluding hydrogens is 166 g/mol. The van der Waals surface area contributed by atoms with Gasteiger partial charge in [-0.3, -0.25) is 4.79 Å². The van der Waals surface area contributed by atoms with E-state index in [1.807, 2.05) is 0 Å². The van der Waals surface area contributed by atoms with Crippen LogP contribution in [0.1, 0.15) is 19.3 Å². The van der Waals surface area contributed by atoms with E-state index in [1.165, 1.54) is 0 Å². The van der Waals surface area contributed by atoms with Gasteiger partial charge in [0.2, 0.25) is 0 Å². The molecule has 0 spiro atoms. The lowest BCUT2D eigenvalue weighted by Crippen LogP contribution is -2.20. The number of carbonyl (C=O) groups is 1. The summed E-state index contributed by atoms with van der Waals surface area (Å²) in [5.41, 5.74) is 5.30. The Morgan fingerprint density at radius 1 is 1.64 bits per heavy atom. The first kappa shape index (κ1) is 8.81. The van der Waals surface area contributed by atoms with Gasteiger partial charge in [-0.05, 0) is 25.2 Å². The molecular formula is C7H12ClNO2. The third kappa shape index (κ3) is 0.948. The molecule has 0 aromatic heterocycles. The van der Waals surface area contributed by atoms with Crippen LogP contribution in [0.5, 0.6) is 0 Å². The summed E-state index contributed by atoms with van der Waals surface area (Å²) in [6, 6.07) is 0.163. The second kappa shape index (κ2) is 2.35. The number of rotatable bonds is 1. The van der Waals surface area contributed by atoms with Gasteiger partial charge in [-0.25, -0.2) is 0 Å². The summed E-state index contributed by atoms with van der Waals surface area (Å²) in [5.74, 6) is -0.338. The highest BCUT2D eigenvalue weighted by atomic mass is 35.5. The van der Waals surface area contributed by atoms with Crippen LogP contribution < -0.4 is 5.73 Å². The lowest BCUT2D eigenvalue weighted by molar-refractivity contribution is -0.143. The van der Waals surface area contributed by atoms with Gasteiger partial charge < -0.3 is 10.8 Å². The molecule has 2 fully saturated rings. The third-order valence-corrected chi connectivity index (χ3v) is 3.00. The first-order valence-corrected chi connectivity index (χ1v) is 3.66. The van der Waals surface area contributed by atoms with Crippen LogP contribution in [0.4, 0.5) is 0 Å². The first-order chi connectivity index (χ1) is 4.67. The maximum atomic E-state index is 10.7. The minimum absolute atomic E-state index is 0. The summed E-state index contributed by atoms with van der Waals surface area (Å²) >= 11 is 0. The lowest BCUT2D eigenvalue weighted by Gasteiger charge is -2.01. The molecule has 64 valence electrons. The van der Waals surface area contributed by atoms with Gasteiger partial charge in [-0.2, -0.15) is 0 Å².